The van der Waals surface area contributed by atoms with Crippen LogP contribution in [0.4, 0.5) is 5.13 Å². The predicted molar refractivity (Wildman–Crippen MR) is 113 cm³/mol. The number of nitrogens with zero attached hydrogens (tertiary/aromatic N) is 5. The number of amides is 2. The Morgan fingerprint density at radius 2 is 2.16 bits per heavy atom. The van der Waals surface area contributed by atoms with Crippen LogP contribution in [-0.2, 0) is 14.4 Å². The molecule has 0 saturated carbocycles. The second kappa shape index (κ2) is 8.44. The lowest BCUT2D eigenvalue weighted by Gasteiger charge is -2.49. The molecule has 2 aromatic rings. The number of carboxylic acids is 1. The summed E-state index contributed by atoms with van der Waals surface area (Å²) < 4.78 is 3.73. The number of aliphatic carboxylic acids is 1. The third-order valence-electron chi connectivity index (χ3n) is 4.40. The van der Waals surface area contributed by atoms with Crippen LogP contribution < -0.4 is 11.1 Å². The van der Waals surface area contributed by atoms with Gasteiger partial charge in [0.2, 0.25) is 0 Å². The van der Waals surface area contributed by atoms with E-state index in [0.717, 1.165) is 27.8 Å². The summed E-state index contributed by atoms with van der Waals surface area (Å²) in [5.74, 6) is -2.36. The lowest BCUT2D eigenvalue weighted by atomic mass is 10.0. The van der Waals surface area contributed by atoms with E-state index in [0.29, 0.717) is 17.0 Å². The summed E-state index contributed by atoms with van der Waals surface area (Å²) in [5.41, 5.74) is 6.07. The molecule has 0 aliphatic carbocycles. The molecule has 2 amide bonds. The Bertz CT molecular complexity index is 1140. The SMILES string of the molecule is Nc1nc(/C(=N/O)C(=O)NC2C(=O)N3C(C(=O)O)=C(/C=C\c4csnn4)CS[C@@H]23)cs1. The molecule has 1 unspecified atom stereocenters. The third kappa shape index (κ3) is 3.89. The Balaban J connectivity index is 1.52. The van der Waals surface area contributed by atoms with Crippen molar-refractivity contribution in [2.24, 2.45) is 5.16 Å². The number of carbonyl (C=O) groups is 3. The van der Waals surface area contributed by atoms with E-state index in [1.54, 1.807) is 17.5 Å². The van der Waals surface area contributed by atoms with Gasteiger partial charge in [-0.25, -0.2) is 9.78 Å². The second-order valence-corrected chi connectivity index (χ2v) is 8.83. The number of thiazole rings is 1. The molecule has 1 fully saturated rings. The first-order valence-electron chi connectivity index (χ1n) is 8.51. The summed E-state index contributed by atoms with van der Waals surface area (Å²) >= 11 is 3.52. The predicted octanol–water partition coefficient (Wildman–Crippen LogP) is 0.207. The molecule has 4 heterocycles. The van der Waals surface area contributed by atoms with Crippen molar-refractivity contribution in [2.75, 3.05) is 11.5 Å². The number of fused-ring (bicyclic) bond motifs is 1. The molecule has 0 bridgehead atoms. The molecule has 0 radical (unpaired) electrons. The highest BCUT2D eigenvalue weighted by molar-refractivity contribution is 8.00. The number of carboxylic acid groups (broad SMARTS) is 1. The highest BCUT2D eigenvalue weighted by atomic mass is 32.2. The highest BCUT2D eigenvalue weighted by Crippen LogP contribution is 2.40. The first-order chi connectivity index (χ1) is 14.9. The maximum atomic E-state index is 12.7. The van der Waals surface area contributed by atoms with E-state index in [2.05, 4.69) is 25.0 Å². The first-order valence-corrected chi connectivity index (χ1v) is 11.3. The monoisotopic (exact) mass is 479 g/mol. The maximum absolute atomic E-state index is 12.7. The van der Waals surface area contributed by atoms with Crippen molar-refractivity contribution in [1.82, 2.24) is 24.8 Å². The van der Waals surface area contributed by atoms with Crippen LogP contribution >= 0.6 is 34.6 Å². The molecule has 31 heavy (non-hydrogen) atoms. The van der Waals surface area contributed by atoms with Crippen molar-refractivity contribution in [1.29, 1.82) is 0 Å². The average Bonchev–Trinajstić information content (AvgIpc) is 3.42. The Labute approximate surface area is 186 Å². The fourth-order valence-electron chi connectivity index (χ4n) is 3.02. The van der Waals surface area contributed by atoms with E-state index in [1.807, 2.05) is 0 Å². The van der Waals surface area contributed by atoms with Gasteiger partial charge in [-0.3, -0.25) is 14.5 Å². The molecular formula is C16H13N7O5S3. The van der Waals surface area contributed by atoms with Gasteiger partial charge in [0.25, 0.3) is 11.8 Å². The minimum atomic E-state index is -1.25. The van der Waals surface area contributed by atoms with Crippen LogP contribution in [0.25, 0.3) is 6.08 Å². The lowest BCUT2D eigenvalue weighted by Crippen LogP contribution is -2.71. The van der Waals surface area contributed by atoms with Crippen LogP contribution in [0.15, 0.2) is 33.3 Å². The summed E-state index contributed by atoms with van der Waals surface area (Å²) in [6.07, 6.45) is 3.21. The van der Waals surface area contributed by atoms with Gasteiger partial charge in [-0.05, 0) is 23.2 Å². The minimum absolute atomic E-state index is 0.0671. The zero-order valence-electron chi connectivity index (χ0n) is 15.3. The molecule has 15 heteroatoms. The number of nitrogens with two attached hydrogens (primary N) is 1. The number of hydrogen-bond acceptors (Lipinski definition) is 12. The summed E-state index contributed by atoms with van der Waals surface area (Å²) in [5, 5.41) is 30.9. The number of nitrogens with one attached hydrogen (secondary N) is 1. The van der Waals surface area contributed by atoms with Gasteiger partial charge < -0.3 is 21.4 Å². The fraction of sp³-hybridized carbons (Fsp3) is 0.188. The van der Waals surface area contributed by atoms with E-state index in [-0.39, 0.29) is 16.5 Å². The number of anilines is 1. The van der Waals surface area contributed by atoms with E-state index in [9.17, 15) is 24.7 Å². The Morgan fingerprint density at radius 1 is 1.35 bits per heavy atom. The molecule has 2 atom stereocenters. The van der Waals surface area contributed by atoms with E-state index >= 15 is 0 Å². The van der Waals surface area contributed by atoms with Crippen molar-refractivity contribution >= 4 is 69.3 Å². The van der Waals surface area contributed by atoms with Gasteiger partial charge in [-0.15, -0.1) is 28.2 Å². The Morgan fingerprint density at radius 3 is 2.77 bits per heavy atom. The van der Waals surface area contributed by atoms with Gasteiger partial charge in [0, 0.05) is 16.5 Å². The molecule has 160 valence electrons. The van der Waals surface area contributed by atoms with Crippen molar-refractivity contribution in [2.45, 2.75) is 11.4 Å². The molecule has 12 nitrogen and oxygen atoms in total. The van der Waals surface area contributed by atoms with Gasteiger partial charge in [0.1, 0.15) is 22.8 Å². The minimum Gasteiger partial charge on any atom is -0.477 e. The van der Waals surface area contributed by atoms with Crippen LogP contribution in [0.2, 0.25) is 0 Å². The molecule has 2 aliphatic rings. The van der Waals surface area contributed by atoms with Crippen LogP contribution in [0.3, 0.4) is 0 Å². The molecule has 2 aromatic heterocycles. The van der Waals surface area contributed by atoms with Crippen LogP contribution in [-0.4, -0.2) is 70.4 Å². The van der Waals surface area contributed by atoms with Crippen LogP contribution in [0.5, 0.6) is 0 Å². The number of nitrogen functional groups attached to an aromatic ring is 1. The molecule has 4 rings (SSSR count). The second-order valence-electron chi connectivity index (χ2n) is 6.22. The molecule has 0 spiro atoms. The quantitative estimate of drug-likeness (QED) is 0.193. The van der Waals surface area contributed by atoms with Crippen molar-refractivity contribution in [3.05, 3.63) is 39.5 Å². The molecule has 0 aromatic carbocycles. The number of β-lactam (4-membered cyclic amide) rings is 1. The number of hydrogen-bond donors (Lipinski definition) is 4. The largest absolute Gasteiger partial charge is 0.477 e. The van der Waals surface area contributed by atoms with Gasteiger partial charge in [-0.1, -0.05) is 15.7 Å². The Kier molecular flexibility index (Phi) is 5.71. The highest BCUT2D eigenvalue weighted by Gasteiger charge is 2.54. The number of carbonyl (C=O) groups excluding carboxylic acids is 2. The fourth-order valence-corrected chi connectivity index (χ4v) is 5.31. The smallest absolute Gasteiger partial charge is 0.352 e. The Hall–Kier alpha value is -3.30. The normalized spacial score (nSPS) is 21.2. The van der Waals surface area contributed by atoms with E-state index in [4.69, 9.17) is 5.73 Å². The van der Waals surface area contributed by atoms with Crippen molar-refractivity contribution in [3.63, 3.8) is 0 Å². The summed E-state index contributed by atoms with van der Waals surface area (Å²) in [6.45, 7) is 0. The maximum Gasteiger partial charge on any atom is 0.352 e. The summed E-state index contributed by atoms with van der Waals surface area (Å²) in [6, 6.07) is -0.979. The summed E-state index contributed by atoms with van der Waals surface area (Å²) in [4.78, 5) is 42.1. The van der Waals surface area contributed by atoms with Crippen molar-refractivity contribution < 1.29 is 24.7 Å². The number of rotatable bonds is 6. The van der Waals surface area contributed by atoms with Crippen LogP contribution in [0.1, 0.15) is 11.4 Å². The third-order valence-corrected chi connectivity index (χ3v) is 6.90. The average molecular weight is 480 g/mol. The topological polar surface area (TPSA) is 184 Å². The number of allylic oxidation sites excluding steroid dienone is 1. The van der Waals surface area contributed by atoms with Gasteiger partial charge >= 0.3 is 5.97 Å². The molecular weight excluding hydrogens is 466 g/mol. The number of thioether (sulfide) groups is 1. The number of oxime groups is 1. The molecule has 2 aliphatic heterocycles. The summed E-state index contributed by atoms with van der Waals surface area (Å²) in [7, 11) is 0. The zero-order valence-corrected chi connectivity index (χ0v) is 17.8. The van der Waals surface area contributed by atoms with Crippen LogP contribution in [0, 0.1) is 0 Å². The van der Waals surface area contributed by atoms with E-state index < -0.39 is 34.9 Å². The standard InChI is InChI=1S/C16H13N7O5S3/c17-16-18-8(5-30-16)9(21-28)12(24)19-10-13(25)23-11(15(26)27)6(3-29-14(10)23)1-2-7-4-31-22-20-7/h1-2,4-5,10,14,28H,3H2,(H2,17,18)(H,19,24)(H,26,27)/b2-1-,21-9-/t10?,14-/m0/s1. The van der Waals surface area contributed by atoms with Gasteiger partial charge in [0.15, 0.2) is 10.8 Å². The van der Waals surface area contributed by atoms with Gasteiger partial charge in [0.05, 0.1) is 5.69 Å². The lowest BCUT2D eigenvalue weighted by molar-refractivity contribution is -0.150. The molecule has 1 saturated heterocycles. The van der Waals surface area contributed by atoms with E-state index in [1.165, 1.54) is 17.1 Å². The van der Waals surface area contributed by atoms with Gasteiger partial charge in [-0.2, -0.15) is 0 Å². The first kappa shape index (κ1) is 21.0. The van der Waals surface area contributed by atoms with Crippen molar-refractivity contribution in [3.8, 4) is 0 Å². The zero-order chi connectivity index (χ0) is 22.1. The number of aromatic nitrogens is 3. The molecule has 5 N–H and O–H groups in total.